The normalized spacial score (nSPS) is 12.5. The fourth-order valence-electron chi connectivity index (χ4n) is 5.11. The van der Waals surface area contributed by atoms with Crippen molar-refractivity contribution in [3.8, 4) is 0 Å². The van der Waals surface area contributed by atoms with Gasteiger partial charge in [0.15, 0.2) is 0 Å². The third-order valence-electron chi connectivity index (χ3n) is 6.85. The Morgan fingerprint density at radius 3 is 2.02 bits per heavy atom. The van der Waals surface area contributed by atoms with Gasteiger partial charge in [0.25, 0.3) is 0 Å². The number of nitrogens with zero attached hydrogens (tertiary/aromatic N) is 2. The van der Waals surface area contributed by atoms with E-state index in [0.29, 0.717) is 18.5 Å². The Balaban J connectivity index is 1.92. The van der Waals surface area contributed by atoms with E-state index in [9.17, 15) is 18.0 Å². The monoisotopic (exact) mass is 591 g/mol. The number of rotatable bonds is 12. The molecule has 1 unspecified atom stereocenters. The van der Waals surface area contributed by atoms with E-state index in [0.717, 1.165) is 27.8 Å². The Morgan fingerprint density at radius 2 is 1.45 bits per heavy atom. The van der Waals surface area contributed by atoms with Crippen LogP contribution < -0.4 is 9.62 Å². The number of sulfonamides is 1. The van der Waals surface area contributed by atoms with Crippen molar-refractivity contribution in [3.05, 3.63) is 101 Å². The van der Waals surface area contributed by atoms with Gasteiger partial charge in [-0.25, -0.2) is 8.42 Å². The van der Waals surface area contributed by atoms with Gasteiger partial charge >= 0.3 is 0 Å². The Hall–Kier alpha value is -3.65. The number of hydrogen-bond acceptors (Lipinski definition) is 4. The fraction of sp³-hybridized carbons (Fsp3) is 0.412. The molecule has 8 heteroatoms. The highest BCUT2D eigenvalue weighted by Crippen LogP contribution is 2.23. The molecular formula is C34H45N3O4S. The average Bonchev–Trinajstić information content (AvgIpc) is 2.86. The van der Waals surface area contributed by atoms with Gasteiger partial charge in [0.05, 0.1) is 11.9 Å². The number of aryl methyl sites for hydroxylation is 3. The average molecular weight is 592 g/mol. The predicted octanol–water partition coefficient (Wildman–Crippen LogP) is 5.71. The topological polar surface area (TPSA) is 86.8 Å². The quantitative estimate of drug-likeness (QED) is 0.292. The van der Waals surface area contributed by atoms with Crippen LogP contribution >= 0.6 is 0 Å². The molecule has 0 heterocycles. The summed E-state index contributed by atoms with van der Waals surface area (Å²) < 4.78 is 26.9. The second-order valence-electron chi connectivity index (χ2n) is 12.2. The summed E-state index contributed by atoms with van der Waals surface area (Å²) in [5.74, 6) is -0.421. The van der Waals surface area contributed by atoms with E-state index < -0.39 is 21.6 Å². The molecule has 226 valence electrons. The molecule has 3 rings (SSSR count). The second kappa shape index (κ2) is 14.0. The molecule has 42 heavy (non-hydrogen) atoms. The van der Waals surface area contributed by atoms with Crippen LogP contribution in [0, 0.1) is 20.8 Å². The van der Waals surface area contributed by atoms with Crippen LogP contribution in [0.4, 0.5) is 5.69 Å². The maximum Gasteiger partial charge on any atom is 0.243 e. The zero-order valence-corrected chi connectivity index (χ0v) is 26.8. The van der Waals surface area contributed by atoms with Gasteiger partial charge in [-0.1, -0.05) is 66.2 Å². The molecule has 0 spiro atoms. The van der Waals surface area contributed by atoms with Crippen molar-refractivity contribution < 1.29 is 18.0 Å². The number of nitrogens with one attached hydrogen (secondary N) is 1. The van der Waals surface area contributed by atoms with Crippen molar-refractivity contribution in [1.82, 2.24) is 10.2 Å². The van der Waals surface area contributed by atoms with Crippen molar-refractivity contribution in [2.24, 2.45) is 0 Å². The first-order chi connectivity index (χ1) is 19.6. The maximum atomic E-state index is 14.0. The lowest BCUT2D eigenvalue weighted by Crippen LogP contribution is -2.54. The lowest BCUT2D eigenvalue weighted by Gasteiger charge is -2.34. The van der Waals surface area contributed by atoms with E-state index in [1.165, 1.54) is 10.6 Å². The van der Waals surface area contributed by atoms with Crippen molar-refractivity contribution in [1.29, 1.82) is 0 Å². The first-order valence-corrected chi connectivity index (χ1v) is 16.2. The molecule has 0 saturated carbocycles. The summed E-state index contributed by atoms with van der Waals surface area (Å²) >= 11 is 0. The van der Waals surface area contributed by atoms with Crippen LogP contribution in [0.2, 0.25) is 0 Å². The molecule has 0 radical (unpaired) electrons. The zero-order valence-electron chi connectivity index (χ0n) is 26.0. The van der Waals surface area contributed by atoms with E-state index >= 15 is 0 Å². The van der Waals surface area contributed by atoms with Gasteiger partial charge in [-0.05, 0) is 82.3 Å². The van der Waals surface area contributed by atoms with E-state index in [2.05, 4.69) is 5.32 Å². The lowest BCUT2D eigenvalue weighted by atomic mass is 10.00. The van der Waals surface area contributed by atoms with Crippen molar-refractivity contribution in [2.45, 2.75) is 78.9 Å². The highest BCUT2D eigenvalue weighted by atomic mass is 32.2. The first-order valence-electron chi connectivity index (χ1n) is 14.4. The molecular weight excluding hydrogens is 546 g/mol. The molecule has 0 aliphatic carbocycles. The van der Waals surface area contributed by atoms with E-state index in [4.69, 9.17) is 0 Å². The third kappa shape index (κ3) is 10.0. The second-order valence-corrected chi connectivity index (χ2v) is 14.1. The van der Waals surface area contributed by atoms with Gasteiger partial charge in [0.2, 0.25) is 21.8 Å². The van der Waals surface area contributed by atoms with Crippen molar-refractivity contribution in [3.63, 3.8) is 0 Å². The fourth-order valence-corrected chi connectivity index (χ4v) is 6.06. The lowest BCUT2D eigenvalue weighted by molar-refractivity contribution is -0.142. The van der Waals surface area contributed by atoms with E-state index in [1.807, 2.05) is 114 Å². The minimum atomic E-state index is -3.57. The molecule has 7 nitrogen and oxygen atoms in total. The molecule has 0 aliphatic rings. The first kappa shape index (κ1) is 32.9. The summed E-state index contributed by atoms with van der Waals surface area (Å²) in [7, 11) is -3.57. The van der Waals surface area contributed by atoms with Gasteiger partial charge in [-0.3, -0.25) is 13.9 Å². The van der Waals surface area contributed by atoms with Crippen LogP contribution in [-0.4, -0.2) is 49.5 Å². The highest BCUT2D eigenvalue weighted by Gasteiger charge is 2.32. The summed E-state index contributed by atoms with van der Waals surface area (Å²) in [4.78, 5) is 29.4. The molecule has 0 bridgehead atoms. The summed E-state index contributed by atoms with van der Waals surface area (Å²) in [5.41, 5.74) is 4.98. The molecule has 0 aromatic heterocycles. The van der Waals surface area contributed by atoms with Crippen LogP contribution in [0.1, 0.15) is 61.4 Å². The number of benzene rings is 3. The van der Waals surface area contributed by atoms with Gasteiger partial charge in [0, 0.05) is 31.5 Å². The molecule has 0 aliphatic heterocycles. The largest absolute Gasteiger partial charge is 0.350 e. The van der Waals surface area contributed by atoms with E-state index in [-0.39, 0.29) is 31.3 Å². The Labute approximate surface area is 252 Å². The van der Waals surface area contributed by atoms with E-state index in [1.54, 1.807) is 4.90 Å². The van der Waals surface area contributed by atoms with Crippen LogP contribution in [0.25, 0.3) is 0 Å². The maximum absolute atomic E-state index is 14.0. The molecule has 0 saturated heterocycles. The summed E-state index contributed by atoms with van der Waals surface area (Å²) in [6.07, 6.45) is 1.94. The Morgan fingerprint density at radius 1 is 0.833 bits per heavy atom. The van der Waals surface area contributed by atoms with Crippen LogP contribution in [0.3, 0.4) is 0 Å². The van der Waals surface area contributed by atoms with Gasteiger partial charge < -0.3 is 10.2 Å². The smallest absolute Gasteiger partial charge is 0.243 e. The highest BCUT2D eigenvalue weighted by molar-refractivity contribution is 7.92. The molecule has 0 fully saturated rings. The number of carbonyl (C=O) groups is 2. The molecule has 1 atom stereocenters. The molecule has 2 amide bonds. The van der Waals surface area contributed by atoms with Crippen LogP contribution in [-0.2, 0) is 32.6 Å². The number of carbonyl (C=O) groups excluding carboxylic acids is 2. The molecule has 1 N–H and O–H groups in total. The standard InChI is InChI=1S/C34H45N3O4S/c1-25-13-11-16-29(20-25)24-36(31(33(39)35-34(4,5)6)23-28-14-9-8-10-15-28)32(38)17-12-18-37(42(7,40)41)30-21-26(2)19-27(3)22-30/h8-11,13-16,19-22,31H,12,17-18,23-24H2,1-7H3,(H,35,39). The zero-order chi connectivity index (χ0) is 31.1. The number of anilines is 1. The third-order valence-corrected chi connectivity index (χ3v) is 8.05. The number of amides is 2. The summed E-state index contributed by atoms with van der Waals surface area (Å²) in [5, 5.41) is 3.08. The minimum absolute atomic E-state index is 0.0940. The van der Waals surface area contributed by atoms with Gasteiger partial charge in [-0.2, -0.15) is 0 Å². The number of hydrogen-bond donors (Lipinski definition) is 1. The SMILES string of the molecule is Cc1cccc(CN(C(=O)CCCN(c2cc(C)cc(C)c2)S(C)(=O)=O)C(Cc2ccccc2)C(=O)NC(C)(C)C)c1. The van der Waals surface area contributed by atoms with Gasteiger partial charge in [-0.15, -0.1) is 0 Å². The summed E-state index contributed by atoms with van der Waals surface area (Å²) in [6.45, 7) is 12.0. The predicted molar refractivity (Wildman–Crippen MR) is 171 cm³/mol. The van der Waals surface area contributed by atoms with Gasteiger partial charge in [0.1, 0.15) is 6.04 Å². The van der Waals surface area contributed by atoms with Crippen molar-refractivity contribution in [2.75, 3.05) is 17.1 Å². The molecule has 3 aromatic carbocycles. The minimum Gasteiger partial charge on any atom is -0.350 e. The Bertz CT molecular complexity index is 1460. The van der Waals surface area contributed by atoms with Crippen molar-refractivity contribution >= 4 is 27.5 Å². The summed E-state index contributed by atoms with van der Waals surface area (Å²) in [6, 6.07) is 22.5. The van der Waals surface area contributed by atoms with Crippen LogP contribution in [0.15, 0.2) is 72.8 Å². The molecule has 3 aromatic rings. The van der Waals surface area contributed by atoms with Crippen LogP contribution in [0.5, 0.6) is 0 Å². The Kier molecular flexibility index (Phi) is 11.0.